The smallest absolute Gasteiger partial charge is 0.212 e. The molecule has 0 aromatic carbocycles. The first-order valence-electron chi connectivity index (χ1n) is 6.01. The standard InChI is InChI=1S/C13H14FN3O/c1-8-5-9(2)18-13-6-12(16-17(8)13)11-4-3-10(14)7-15-11/h3-4,6-9H,5H2,1-2H3/t8-,9+/m0/s1. The molecule has 0 aliphatic carbocycles. The molecule has 2 aromatic heterocycles. The SMILES string of the molecule is C[C@@H]1C[C@H](C)n2nc(-c3ccc(F)cn3)cc2O1. The fraction of sp³-hybridized carbons (Fsp3) is 0.385. The molecule has 0 saturated heterocycles. The third kappa shape index (κ3) is 1.85. The molecular formula is C13H14FN3O. The number of ether oxygens (including phenoxy) is 1. The minimum Gasteiger partial charge on any atom is -0.475 e. The first-order chi connectivity index (χ1) is 8.63. The maximum absolute atomic E-state index is 12.8. The van der Waals surface area contributed by atoms with Gasteiger partial charge in [-0.25, -0.2) is 9.07 Å². The topological polar surface area (TPSA) is 39.9 Å². The second kappa shape index (κ2) is 4.08. The summed E-state index contributed by atoms with van der Waals surface area (Å²) in [6.07, 6.45) is 2.32. The van der Waals surface area contributed by atoms with Crippen molar-refractivity contribution < 1.29 is 9.13 Å². The molecule has 0 N–H and O–H groups in total. The van der Waals surface area contributed by atoms with Gasteiger partial charge in [-0.05, 0) is 26.0 Å². The summed E-state index contributed by atoms with van der Waals surface area (Å²) in [5.74, 6) is 0.406. The number of fused-ring (bicyclic) bond motifs is 1. The molecule has 0 fully saturated rings. The summed E-state index contributed by atoms with van der Waals surface area (Å²) in [7, 11) is 0. The average Bonchev–Trinajstić information content (AvgIpc) is 2.74. The summed E-state index contributed by atoms with van der Waals surface area (Å²) in [5, 5.41) is 4.47. The second-order valence-electron chi connectivity index (χ2n) is 4.69. The number of rotatable bonds is 1. The predicted molar refractivity (Wildman–Crippen MR) is 64.8 cm³/mol. The maximum atomic E-state index is 12.8. The van der Waals surface area contributed by atoms with Gasteiger partial charge in [-0.1, -0.05) is 0 Å². The zero-order valence-corrected chi connectivity index (χ0v) is 10.3. The van der Waals surface area contributed by atoms with Gasteiger partial charge >= 0.3 is 0 Å². The molecule has 0 spiro atoms. The van der Waals surface area contributed by atoms with E-state index in [-0.39, 0.29) is 11.9 Å². The van der Waals surface area contributed by atoms with Crippen LogP contribution >= 0.6 is 0 Å². The van der Waals surface area contributed by atoms with Crippen LogP contribution in [0.3, 0.4) is 0 Å². The van der Waals surface area contributed by atoms with E-state index < -0.39 is 0 Å². The molecule has 18 heavy (non-hydrogen) atoms. The number of nitrogens with zero attached hydrogens (tertiary/aromatic N) is 3. The minimum atomic E-state index is -0.346. The van der Waals surface area contributed by atoms with Crippen molar-refractivity contribution >= 4 is 0 Å². The number of pyridine rings is 1. The van der Waals surface area contributed by atoms with Crippen LogP contribution < -0.4 is 4.74 Å². The zero-order valence-electron chi connectivity index (χ0n) is 10.3. The van der Waals surface area contributed by atoms with E-state index in [2.05, 4.69) is 17.0 Å². The summed E-state index contributed by atoms with van der Waals surface area (Å²) >= 11 is 0. The lowest BCUT2D eigenvalue weighted by Gasteiger charge is -2.26. The van der Waals surface area contributed by atoms with Crippen molar-refractivity contribution in [1.82, 2.24) is 14.8 Å². The number of halogens is 1. The first kappa shape index (κ1) is 11.2. The van der Waals surface area contributed by atoms with Crippen molar-refractivity contribution in [2.24, 2.45) is 0 Å². The van der Waals surface area contributed by atoms with Crippen LogP contribution in [0.2, 0.25) is 0 Å². The molecule has 0 radical (unpaired) electrons. The Labute approximate surface area is 104 Å². The molecule has 0 amide bonds. The fourth-order valence-corrected chi connectivity index (χ4v) is 2.27. The quantitative estimate of drug-likeness (QED) is 0.778. The molecule has 4 nitrogen and oxygen atoms in total. The Morgan fingerprint density at radius 1 is 1.33 bits per heavy atom. The Morgan fingerprint density at radius 2 is 2.17 bits per heavy atom. The summed E-state index contributed by atoms with van der Waals surface area (Å²) in [6.45, 7) is 4.15. The minimum absolute atomic E-state index is 0.193. The van der Waals surface area contributed by atoms with Crippen LogP contribution in [0.4, 0.5) is 4.39 Å². The van der Waals surface area contributed by atoms with Crippen LogP contribution in [0, 0.1) is 5.82 Å². The monoisotopic (exact) mass is 247 g/mol. The van der Waals surface area contributed by atoms with Crippen molar-refractivity contribution in [3.8, 4) is 17.3 Å². The third-order valence-electron chi connectivity index (χ3n) is 3.10. The fourth-order valence-electron chi connectivity index (χ4n) is 2.27. The molecule has 5 heteroatoms. The number of aromatic nitrogens is 3. The van der Waals surface area contributed by atoms with Gasteiger partial charge < -0.3 is 4.74 Å². The predicted octanol–water partition coefficient (Wildman–Crippen LogP) is 2.82. The van der Waals surface area contributed by atoms with E-state index in [9.17, 15) is 4.39 Å². The Bertz CT molecular complexity index is 564. The molecular weight excluding hydrogens is 233 g/mol. The first-order valence-corrected chi connectivity index (χ1v) is 6.01. The third-order valence-corrected chi connectivity index (χ3v) is 3.10. The lowest BCUT2D eigenvalue weighted by molar-refractivity contribution is 0.127. The van der Waals surface area contributed by atoms with Crippen LogP contribution in [0.15, 0.2) is 24.4 Å². The lowest BCUT2D eigenvalue weighted by Crippen LogP contribution is -2.26. The Balaban J connectivity index is 2.00. The van der Waals surface area contributed by atoms with Gasteiger partial charge in [0.15, 0.2) is 0 Å². The van der Waals surface area contributed by atoms with E-state index in [0.717, 1.165) is 12.3 Å². The molecule has 1 aliphatic rings. The van der Waals surface area contributed by atoms with Crippen molar-refractivity contribution in [2.45, 2.75) is 32.4 Å². The van der Waals surface area contributed by atoms with E-state index in [4.69, 9.17) is 4.74 Å². The number of hydrogen-bond donors (Lipinski definition) is 0. The van der Waals surface area contributed by atoms with Crippen LogP contribution in [-0.4, -0.2) is 20.9 Å². The van der Waals surface area contributed by atoms with Crippen molar-refractivity contribution in [3.05, 3.63) is 30.2 Å². The van der Waals surface area contributed by atoms with Gasteiger partial charge in [0.05, 0.1) is 24.0 Å². The second-order valence-corrected chi connectivity index (χ2v) is 4.69. The average molecular weight is 247 g/mol. The van der Waals surface area contributed by atoms with Crippen LogP contribution in [0.1, 0.15) is 26.3 Å². The molecule has 1 aliphatic heterocycles. The normalized spacial score (nSPS) is 22.4. The number of hydrogen-bond acceptors (Lipinski definition) is 3. The molecule has 0 saturated carbocycles. The van der Waals surface area contributed by atoms with E-state index >= 15 is 0 Å². The van der Waals surface area contributed by atoms with Crippen molar-refractivity contribution in [3.63, 3.8) is 0 Å². The molecule has 3 heterocycles. The molecule has 94 valence electrons. The van der Waals surface area contributed by atoms with E-state index in [0.29, 0.717) is 17.4 Å². The molecule has 2 atom stereocenters. The summed E-state index contributed by atoms with van der Waals surface area (Å²) in [4.78, 5) is 4.03. The van der Waals surface area contributed by atoms with Crippen LogP contribution in [-0.2, 0) is 0 Å². The van der Waals surface area contributed by atoms with E-state index in [1.54, 1.807) is 6.07 Å². The van der Waals surface area contributed by atoms with Crippen LogP contribution in [0.25, 0.3) is 11.4 Å². The Hall–Kier alpha value is -1.91. The Morgan fingerprint density at radius 3 is 2.89 bits per heavy atom. The highest BCUT2D eigenvalue weighted by Crippen LogP contribution is 2.31. The maximum Gasteiger partial charge on any atom is 0.212 e. The van der Waals surface area contributed by atoms with Gasteiger partial charge in [0.25, 0.3) is 0 Å². The molecule has 0 unspecified atom stereocenters. The largest absolute Gasteiger partial charge is 0.475 e. The molecule has 0 bridgehead atoms. The zero-order chi connectivity index (χ0) is 12.7. The molecule has 2 aromatic rings. The Kier molecular flexibility index (Phi) is 2.54. The van der Waals surface area contributed by atoms with E-state index in [1.165, 1.54) is 12.3 Å². The van der Waals surface area contributed by atoms with E-state index in [1.807, 2.05) is 17.7 Å². The van der Waals surface area contributed by atoms with Gasteiger partial charge in [-0.15, -0.1) is 0 Å². The van der Waals surface area contributed by atoms with Gasteiger partial charge in [0.1, 0.15) is 11.5 Å². The highest BCUT2D eigenvalue weighted by atomic mass is 19.1. The highest BCUT2D eigenvalue weighted by molar-refractivity contribution is 5.55. The summed E-state index contributed by atoms with van der Waals surface area (Å²) in [6, 6.07) is 5.16. The summed E-state index contributed by atoms with van der Waals surface area (Å²) < 4.78 is 20.4. The van der Waals surface area contributed by atoms with Gasteiger partial charge in [-0.2, -0.15) is 5.10 Å². The van der Waals surface area contributed by atoms with Gasteiger partial charge in [0.2, 0.25) is 5.88 Å². The highest BCUT2D eigenvalue weighted by Gasteiger charge is 2.24. The molecule has 3 rings (SSSR count). The van der Waals surface area contributed by atoms with Crippen molar-refractivity contribution in [1.29, 1.82) is 0 Å². The van der Waals surface area contributed by atoms with Gasteiger partial charge in [0, 0.05) is 12.5 Å². The van der Waals surface area contributed by atoms with Crippen LogP contribution in [0.5, 0.6) is 5.88 Å². The summed E-state index contributed by atoms with van der Waals surface area (Å²) in [5.41, 5.74) is 1.37. The van der Waals surface area contributed by atoms with Gasteiger partial charge in [-0.3, -0.25) is 4.98 Å². The van der Waals surface area contributed by atoms with Crippen molar-refractivity contribution in [2.75, 3.05) is 0 Å². The lowest BCUT2D eigenvalue weighted by atomic mass is 10.1.